The highest BCUT2D eigenvalue weighted by Crippen LogP contribution is 2.32. The Morgan fingerprint density at radius 2 is 2.06 bits per heavy atom. The molecule has 4 heteroatoms. The van der Waals surface area contributed by atoms with E-state index in [1.807, 2.05) is 0 Å². The molecule has 2 heterocycles. The maximum Gasteiger partial charge on any atom is 0.247 e. The Morgan fingerprint density at radius 3 is 2.59 bits per heavy atom. The van der Waals surface area contributed by atoms with Crippen LogP contribution in [0.15, 0.2) is 12.7 Å². The summed E-state index contributed by atoms with van der Waals surface area (Å²) < 4.78 is 5.88. The number of carbonyl (C=O) groups is 1. The van der Waals surface area contributed by atoms with Crippen molar-refractivity contribution in [3.8, 4) is 0 Å². The minimum Gasteiger partial charge on any atom is -0.353 e. The number of amides is 1. The summed E-state index contributed by atoms with van der Waals surface area (Å²) >= 11 is 0. The van der Waals surface area contributed by atoms with Gasteiger partial charge >= 0.3 is 0 Å². The van der Waals surface area contributed by atoms with Crippen molar-refractivity contribution < 1.29 is 9.53 Å². The summed E-state index contributed by atoms with van der Waals surface area (Å²) in [6.45, 7) is 11.2. The van der Waals surface area contributed by atoms with E-state index in [4.69, 9.17) is 4.74 Å². The third-order valence-electron chi connectivity index (χ3n) is 3.93. The predicted molar refractivity (Wildman–Crippen MR) is 66.5 cm³/mol. The van der Waals surface area contributed by atoms with Crippen LogP contribution >= 0.6 is 0 Å². The first-order valence-corrected chi connectivity index (χ1v) is 6.36. The van der Waals surface area contributed by atoms with E-state index in [1.54, 1.807) is 4.90 Å². The van der Waals surface area contributed by atoms with Crippen LogP contribution in [-0.2, 0) is 9.53 Å². The molecular weight excluding hydrogens is 216 g/mol. The van der Waals surface area contributed by atoms with Crippen LogP contribution in [0.25, 0.3) is 0 Å². The summed E-state index contributed by atoms with van der Waals surface area (Å²) in [4.78, 5) is 15.7. The molecule has 4 nitrogen and oxygen atoms in total. The summed E-state index contributed by atoms with van der Waals surface area (Å²) in [5.41, 5.74) is -0.0932. The summed E-state index contributed by atoms with van der Waals surface area (Å²) in [5, 5.41) is 0. The molecule has 2 fully saturated rings. The molecule has 0 bridgehead atoms. The third kappa shape index (κ3) is 2.53. The normalized spacial score (nSPS) is 24.5. The van der Waals surface area contributed by atoms with Crippen LogP contribution < -0.4 is 0 Å². The van der Waals surface area contributed by atoms with Gasteiger partial charge in [-0.15, -0.1) is 0 Å². The van der Waals surface area contributed by atoms with E-state index in [0.717, 1.165) is 32.5 Å². The Labute approximate surface area is 103 Å². The third-order valence-corrected chi connectivity index (χ3v) is 3.93. The molecule has 0 saturated carbocycles. The molecule has 1 spiro atoms. The van der Waals surface area contributed by atoms with Gasteiger partial charge in [-0.1, -0.05) is 6.58 Å². The van der Waals surface area contributed by atoms with Gasteiger partial charge in [0.05, 0.1) is 12.1 Å². The van der Waals surface area contributed by atoms with E-state index in [-0.39, 0.29) is 11.5 Å². The SMILES string of the molecule is C=CC(=O)N1COC2(CCN(C(C)C)CC2)C1. The second-order valence-electron chi connectivity index (χ2n) is 5.33. The molecule has 0 aromatic rings. The maximum atomic E-state index is 11.5. The van der Waals surface area contributed by atoms with Gasteiger partial charge in [-0.2, -0.15) is 0 Å². The molecule has 96 valence electrons. The number of likely N-dealkylation sites (tertiary alicyclic amines) is 1. The summed E-state index contributed by atoms with van der Waals surface area (Å²) in [7, 11) is 0. The topological polar surface area (TPSA) is 32.8 Å². The van der Waals surface area contributed by atoms with Crippen molar-refractivity contribution in [2.24, 2.45) is 0 Å². The Hall–Kier alpha value is -0.870. The molecule has 0 unspecified atom stereocenters. The molecule has 0 aromatic heterocycles. The molecule has 0 aliphatic carbocycles. The Morgan fingerprint density at radius 1 is 1.41 bits per heavy atom. The van der Waals surface area contributed by atoms with Gasteiger partial charge in [0, 0.05) is 19.1 Å². The van der Waals surface area contributed by atoms with Gasteiger partial charge in [0.25, 0.3) is 0 Å². The van der Waals surface area contributed by atoms with Crippen LogP contribution in [0.3, 0.4) is 0 Å². The van der Waals surface area contributed by atoms with E-state index < -0.39 is 0 Å². The molecule has 0 atom stereocenters. The fourth-order valence-corrected chi connectivity index (χ4v) is 2.67. The molecule has 1 amide bonds. The second kappa shape index (κ2) is 4.78. The zero-order chi connectivity index (χ0) is 12.5. The monoisotopic (exact) mass is 238 g/mol. The highest BCUT2D eigenvalue weighted by Gasteiger charge is 2.43. The van der Waals surface area contributed by atoms with Crippen molar-refractivity contribution in [3.05, 3.63) is 12.7 Å². The zero-order valence-corrected chi connectivity index (χ0v) is 10.8. The highest BCUT2D eigenvalue weighted by atomic mass is 16.5. The lowest BCUT2D eigenvalue weighted by atomic mass is 9.90. The minimum absolute atomic E-state index is 0.0202. The number of carbonyl (C=O) groups excluding carboxylic acids is 1. The zero-order valence-electron chi connectivity index (χ0n) is 10.8. The van der Waals surface area contributed by atoms with Crippen LogP contribution in [0.1, 0.15) is 26.7 Å². The molecule has 2 aliphatic heterocycles. The number of nitrogens with zero attached hydrogens (tertiary/aromatic N) is 2. The minimum atomic E-state index is -0.0932. The lowest BCUT2D eigenvalue weighted by Gasteiger charge is -2.39. The molecule has 0 aromatic carbocycles. The summed E-state index contributed by atoms with van der Waals surface area (Å²) in [6.07, 6.45) is 3.41. The van der Waals surface area contributed by atoms with E-state index in [1.165, 1.54) is 6.08 Å². The van der Waals surface area contributed by atoms with E-state index >= 15 is 0 Å². The largest absolute Gasteiger partial charge is 0.353 e. The van der Waals surface area contributed by atoms with E-state index in [9.17, 15) is 4.79 Å². The van der Waals surface area contributed by atoms with Gasteiger partial charge in [0.1, 0.15) is 6.73 Å². The number of hydrogen-bond donors (Lipinski definition) is 0. The lowest BCUT2D eigenvalue weighted by molar-refractivity contribution is -0.126. The number of hydrogen-bond acceptors (Lipinski definition) is 3. The highest BCUT2D eigenvalue weighted by molar-refractivity contribution is 5.87. The predicted octanol–water partition coefficient (Wildman–Crippen LogP) is 1.23. The maximum absolute atomic E-state index is 11.5. The van der Waals surface area contributed by atoms with Crippen molar-refractivity contribution in [3.63, 3.8) is 0 Å². The van der Waals surface area contributed by atoms with E-state index in [2.05, 4.69) is 25.3 Å². The van der Waals surface area contributed by atoms with Gasteiger partial charge in [0.15, 0.2) is 0 Å². The smallest absolute Gasteiger partial charge is 0.247 e. The molecule has 2 rings (SSSR count). The molecule has 2 saturated heterocycles. The van der Waals surface area contributed by atoms with Crippen molar-refractivity contribution in [2.45, 2.75) is 38.3 Å². The summed E-state index contributed by atoms with van der Waals surface area (Å²) in [5.74, 6) is -0.0202. The van der Waals surface area contributed by atoms with E-state index in [0.29, 0.717) is 12.8 Å². The van der Waals surface area contributed by atoms with Crippen molar-refractivity contribution in [1.29, 1.82) is 0 Å². The first kappa shape index (κ1) is 12.6. The van der Waals surface area contributed by atoms with Crippen LogP contribution in [0.2, 0.25) is 0 Å². The fourth-order valence-electron chi connectivity index (χ4n) is 2.67. The molecule has 0 radical (unpaired) electrons. The molecule has 0 N–H and O–H groups in total. The Bertz CT molecular complexity index is 307. The van der Waals surface area contributed by atoms with Gasteiger partial charge in [-0.3, -0.25) is 4.79 Å². The van der Waals surface area contributed by atoms with Crippen LogP contribution in [0.5, 0.6) is 0 Å². The number of piperidine rings is 1. The summed E-state index contributed by atoms with van der Waals surface area (Å²) in [6, 6.07) is 0.597. The molecule has 17 heavy (non-hydrogen) atoms. The van der Waals surface area contributed by atoms with Crippen LogP contribution in [0, 0.1) is 0 Å². The second-order valence-corrected chi connectivity index (χ2v) is 5.33. The van der Waals surface area contributed by atoms with Crippen LogP contribution in [0.4, 0.5) is 0 Å². The van der Waals surface area contributed by atoms with Crippen molar-refractivity contribution in [1.82, 2.24) is 9.80 Å². The standard InChI is InChI=1S/C13H22N2O2/c1-4-12(16)15-9-13(17-10-15)5-7-14(8-6-13)11(2)3/h4,11H,1,5-10H2,2-3H3. The molecule has 2 aliphatic rings. The van der Waals surface area contributed by atoms with Crippen LogP contribution in [-0.4, -0.2) is 53.7 Å². The fraction of sp³-hybridized carbons (Fsp3) is 0.769. The van der Waals surface area contributed by atoms with Gasteiger partial charge in [-0.05, 0) is 32.8 Å². The first-order valence-electron chi connectivity index (χ1n) is 6.36. The lowest BCUT2D eigenvalue weighted by Crippen LogP contribution is -2.49. The average molecular weight is 238 g/mol. The quantitative estimate of drug-likeness (QED) is 0.678. The number of ether oxygens (including phenoxy) is 1. The van der Waals surface area contributed by atoms with Crippen molar-refractivity contribution >= 4 is 5.91 Å². The van der Waals surface area contributed by atoms with Crippen molar-refractivity contribution in [2.75, 3.05) is 26.4 Å². The average Bonchev–Trinajstić information content (AvgIpc) is 2.73. The van der Waals surface area contributed by atoms with Gasteiger partial charge < -0.3 is 14.5 Å². The number of rotatable bonds is 2. The Balaban J connectivity index is 1.92. The van der Waals surface area contributed by atoms with Gasteiger partial charge in [0.2, 0.25) is 5.91 Å². The Kier molecular flexibility index (Phi) is 3.54. The molecular formula is C13H22N2O2. The van der Waals surface area contributed by atoms with Gasteiger partial charge in [-0.25, -0.2) is 0 Å². The first-order chi connectivity index (χ1) is 8.06.